The topological polar surface area (TPSA) is 97.6 Å². The molecular formula is C24H25F3N4O3. The van der Waals surface area contributed by atoms with Crippen LogP contribution in [0.2, 0.25) is 0 Å². The van der Waals surface area contributed by atoms with E-state index in [1.165, 1.54) is 18.4 Å². The molecule has 10 heteroatoms. The van der Waals surface area contributed by atoms with E-state index in [9.17, 15) is 13.2 Å². The molecule has 1 atom stereocenters. The maximum Gasteiger partial charge on any atom is 0.419 e. The Morgan fingerprint density at radius 2 is 1.97 bits per heavy atom. The minimum atomic E-state index is -4.61. The van der Waals surface area contributed by atoms with E-state index in [4.69, 9.17) is 25.0 Å². The van der Waals surface area contributed by atoms with Gasteiger partial charge in [-0.15, -0.1) is 0 Å². The maximum atomic E-state index is 13.7. The number of hydrogen-bond donors (Lipinski definition) is 2. The van der Waals surface area contributed by atoms with Crippen LogP contribution in [0.4, 0.5) is 13.2 Å². The van der Waals surface area contributed by atoms with Gasteiger partial charge in [-0.2, -0.15) is 13.2 Å². The molecule has 0 amide bonds. The summed E-state index contributed by atoms with van der Waals surface area (Å²) in [5.74, 6) is -0.0372. The van der Waals surface area contributed by atoms with Gasteiger partial charge in [0.05, 0.1) is 18.8 Å². The fourth-order valence-corrected chi connectivity index (χ4v) is 3.90. The van der Waals surface area contributed by atoms with Gasteiger partial charge in [-0.05, 0) is 36.6 Å². The van der Waals surface area contributed by atoms with Crippen LogP contribution in [0.25, 0.3) is 11.3 Å². The number of nitrogens with one attached hydrogen (secondary N) is 1. The molecule has 3 N–H and O–H groups in total. The van der Waals surface area contributed by atoms with Crippen molar-refractivity contribution in [2.45, 2.75) is 31.7 Å². The van der Waals surface area contributed by atoms with E-state index in [2.05, 4.69) is 4.98 Å². The first-order valence-corrected chi connectivity index (χ1v) is 10.8. The molecule has 1 aliphatic rings. The Kier molecular flexibility index (Phi) is 7.06. The second-order valence-corrected chi connectivity index (χ2v) is 7.90. The predicted molar refractivity (Wildman–Crippen MR) is 119 cm³/mol. The molecule has 0 saturated carbocycles. The lowest BCUT2D eigenvalue weighted by Gasteiger charge is -2.21. The number of ether oxygens (including phenoxy) is 2. The molecule has 1 aliphatic heterocycles. The van der Waals surface area contributed by atoms with Crippen LogP contribution in [-0.4, -0.2) is 35.6 Å². The Bertz CT molecular complexity index is 1120. The van der Waals surface area contributed by atoms with Gasteiger partial charge in [-0.25, -0.2) is 4.98 Å². The molecule has 4 rings (SSSR count). The summed E-state index contributed by atoms with van der Waals surface area (Å²) in [6.45, 7) is 1.09. The first-order chi connectivity index (χ1) is 16.3. The predicted octanol–water partition coefficient (Wildman–Crippen LogP) is 4.99. The van der Waals surface area contributed by atoms with Crippen molar-refractivity contribution < 1.29 is 27.1 Å². The monoisotopic (exact) mass is 474 g/mol. The molecule has 1 aromatic heterocycles. The van der Waals surface area contributed by atoms with Crippen molar-refractivity contribution in [3.05, 3.63) is 71.8 Å². The standard InChI is InChI=1S/C24H25F3N4O3/c25-24(26,27)18-13-17(19-15-34-22(30-19)20-7-4-10-31(20)23(28)29)8-9-21(18)33-12-11-32-14-16-5-2-1-3-6-16/h1-3,5-6,8-9,13,15,20H,4,7,10-12,14H2,(H3,28,29). The average molecular weight is 474 g/mol. The molecule has 1 unspecified atom stereocenters. The summed E-state index contributed by atoms with van der Waals surface area (Å²) in [6.07, 6.45) is -1.77. The summed E-state index contributed by atoms with van der Waals surface area (Å²) in [6, 6.07) is 13.0. The van der Waals surface area contributed by atoms with E-state index in [1.54, 1.807) is 4.90 Å². The molecule has 0 bridgehead atoms. The Morgan fingerprint density at radius 1 is 1.18 bits per heavy atom. The zero-order valence-corrected chi connectivity index (χ0v) is 18.3. The van der Waals surface area contributed by atoms with Gasteiger partial charge in [0.15, 0.2) is 5.96 Å². The second kappa shape index (κ2) is 10.2. The molecule has 2 heterocycles. The number of nitrogens with zero attached hydrogens (tertiary/aromatic N) is 2. The van der Waals surface area contributed by atoms with Crippen molar-refractivity contribution in [1.29, 1.82) is 5.41 Å². The van der Waals surface area contributed by atoms with Crippen molar-refractivity contribution >= 4 is 5.96 Å². The lowest BCUT2D eigenvalue weighted by atomic mass is 10.1. The lowest BCUT2D eigenvalue weighted by molar-refractivity contribution is -0.139. The first kappa shape index (κ1) is 23.6. The minimum Gasteiger partial charge on any atom is -0.491 e. The summed E-state index contributed by atoms with van der Waals surface area (Å²) >= 11 is 0. The van der Waals surface area contributed by atoms with Gasteiger partial charge in [0, 0.05) is 12.1 Å². The Labute approximate surface area is 194 Å². The van der Waals surface area contributed by atoms with E-state index in [0.29, 0.717) is 25.5 Å². The van der Waals surface area contributed by atoms with E-state index in [1.807, 2.05) is 30.3 Å². The van der Waals surface area contributed by atoms with Crippen molar-refractivity contribution in [3.63, 3.8) is 0 Å². The minimum absolute atomic E-state index is 0.0219. The fraction of sp³-hybridized carbons (Fsp3) is 0.333. The highest BCUT2D eigenvalue weighted by molar-refractivity contribution is 5.75. The summed E-state index contributed by atoms with van der Waals surface area (Å²) in [4.78, 5) is 6.03. The number of benzene rings is 2. The molecule has 7 nitrogen and oxygen atoms in total. The SMILES string of the molecule is N=C(N)N1CCCC1c1nc(-c2ccc(OCCOCc3ccccc3)c(C(F)(F)F)c2)co1. The zero-order valence-electron chi connectivity index (χ0n) is 18.3. The molecule has 3 aromatic rings. The Hall–Kier alpha value is -3.53. The van der Waals surface area contributed by atoms with Crippen molar-refractivity contribution in [3.8, 4) is 17.0 Å². The van der Waals surface area contributed by atoms with Gasteiger partial charge in [-0.3, -0.25) is 5.41 Å². The average Bonchev–Trinajstić information content (AvgIpc) is 3.49. The highest BCUT2D eigenvalue weighted by Crippen LogP contribution is 2.39. The van der Waals surface area contributed by atoms with Gasteiger partial charge in [0.1, 0.15) is 30.4 Å². The van der Waals surface area contributed by atoms with Gasteiger partial charge < -0.3 is 24.5 Å². The van der Waals surface area contributed by atoms with Crippen molar-refractivity contribution in [1.82, 2.24) is 9.88 Å². The number of halogens is 3. The molecule has 2 aromatic carbocycles. The van der Waals surface area contributed by atoms with Crippen LogP contribution in [0.15, 0.2) is 59.2 Å². The molecule has 0 radical (unpaired) electrons. The van der Waals surface area contributed by atoms with Crippen LogP contribution in [0.1, 0.15) is 35.9 Å². The molecular weight excluding hydrogens is 449 g/mol. The number of guanidine groups is 1. The van der Waals surface area contributed by atoms with Crippen LogP contribution in [0.5, 0.6) is 5.75 Å². The third-order valence-corrected chi connectivity index (χ3v) is 5.55. The largest absolute Gasteiger partial charge is 0.491 e. The summed E-state index contributed by atoms with van der Waals surface area (Å²) in [7, 11) is 0. The Balaban J connectivity index is 1.44. The van der Waals surface area contributed by atoms with Crippen LogP contribution in [0, 0.1) is 5.41 Å². The summed E-state index contributed by atoms with van der Waals surface area (Å²) in [5, 5.41) is 7.67. The quantitative estimate of drug-likeness (QED) is 0.271. The molecule has 34 heavy (non-hydrogen) atoms. The van der Waals surface area contributed by atoms with Gasteiger partial charge in [0.25, 0.3) is 0 Å². The maximum absolute atomic E-state index is 13.7. The molecule has 0 aliphatic carbocycles. The number of oxazole rings is 1. The zero-order chi connectivity index (χ0) is 24.1. The van der Waals surface area contributed by atoms with E-state index < -0.39 is 11.7 Å². The first-order valence-electron chi connectivity index (χ1n) is 10.8. The van der Waals surface area contributed by atoms with Crippen molar-refractivity contribution in [2.75, 3.05) is 19.8 Å². The molecule has 1 saturated heterocycles. The van der Waals surface area contributed by atoms with Crippen LogP contribution >= 0.6 is 0 Å². The number of aromatic nitrogens is 1. The third-order valence-electron chi connectivity index (χ3n) is 5.55. The Morgan fingerprint density at radius 3 is 2.71 bits per heavy atom. The number of hydrogen-bond acceptors (Lipinski definition) is 5. The number of likely N-dealkylation sites (tertiary alicyclic amines) is 1. The molecule has 180 valence electrons. The molecule has 0 spiro atoms. The van der Waals surface area contributed by atoms with E-state index >= 15 is 0 Å². The lowest BCUT2D eigenvalue weighted by Crippen LogP contribution is -2.35. The van der Waals surface area contributed by atoms with Crippen LogP contribution < -0.4 is 10.5 Å². The normalized spacial score (nSPS) is 16.1. The van der Waals surface area contributed by atoms with Crippen LogP contribution in [0.3, 0.4) is 0 Å². The number of nitrogens with two attached hydrogens (primary N) is 1. The second-order valence-electron chi connectivity index (χ2n) is 7.90. The number of alkyl halides is 3. The number of rotatable bonds is 8. The fourth-order valence-electron chi connectivity index (χ4n) is 3.90. The smallest absolute Gasteiger partial charge is 0.419 e. The van der Waals surface area contributed by atoms with Gasteiger partial charge in [0.2, 0.25) is 5.89 Å². The third kappa shape index (κ3) is 5.51. The van der Waals surface area contributed by atoms with Gasteiger partial charge >= 0.3 is 6.18 Å². The highest BCUT2D eigenvalue weighted by Gasteiger charge is 2.35. The van der Waals surface area contributed by atoms with Crippen molar-refractivity contribution in [2.24, 2.45) is 5.73 Å². The summed E-state index contributed by atoms with van der Waals surface area (Å²) < 4.78 is 57.6. The van der Waals surface area contributed by atoms with E-state index in [-0.39, 0.29) is 42.2 Å². The van der Waals surface area contributed by atoms with Crippen LogP contribution in [-0.2, 0) is 17.5 Å². The van der Waals surface area contributed by atoms with Gasteiger partial charge in [-0.1, -0.05) is 30.3 Å². The highest BCUT2D eigenvalue weighted by atomic mass is 19.4. The molecule has 1 fully saturated rings. The summed E-state index contributed by atoms with van der Waals surface area (Å²) in [5.41, 5.74) is 6.20. The van der Waals surface area contributed by atoms with E-state index in [0.717, 1.165) is 18.1 Å².